The lowest BCUT2D eigenvalue weighted by atomic mass is 10.1. The van der Waals surface area contributed by atoms with E-state index in [0.29, 0.717) is 6.54 Å². The molecule has 4 heteroatoms. The molecular weight excluding hydrogens is 252 g/mol. The molecule has 0 fully saturated rings. The first-order valence-electron chi connectivity index (χ1n) is 6.41. The quantitative estimate of drug-likeness (QED) is 0.850. The van der Waals surface area contributed by atoms with E-state index in [-0.39, 0.29) is 0 Å². The van der Waals surface area contributed by atoms with Crippen LogP contribution < -0.4 is 20.1 Å². The van der Waals surface area contributed by atoms with Crippen LogP contribution in [0.5, 0.6) is 11.5 Å². The molecule has 0 amide bonds. The normalized spacial score (nSPS) is 10.2. The molecule has 0 aliphatic rings. The number of nitrogen functional groups attached to an aromatic ring is 1. The SMILES string of the molecule is COc1cccc(N(C)Cc2cc(OC)ccc2N)c1. The first kappa shape index (κ1) is 14.1. The molecule has 2 N–H and O–H groups in total. The van der Waals surface area contributed by atoms with Gasteiger partial charge >= 0.3 is 0 Å². The van der Waals surface area contributed by atoms with Gasteiger partial charge in [-0.05, 0) is 35.9 Å². The second kappa shape index (κ2) is 6.19. The lowest BCUT2D eigenvalue weighted by Gasteiger charge is -2.21. The molecule has 2 aromatic carbocycles. The molecule has 4 nitrogen and oxygen atoms in total. The van der Waals surface area contributed by atoms with Crippen molar-refractivity contribution in [2.75, 3.05) is 31.9 Å². The van der Waals surface area contributed by atoms with Crippen LogP contribution in [-0.2, 0) is 6.54 Å². The van der Waals surface area contributed by atoms with Crippen molar-refractivity contribution >= 4 is 11.4 Å². The molecule has 0 aliphatic heterocycles. The van der Waals surface area contributed by atoms with Gasteiger partial charge in [0.25, 0.3) is 0 Å². The third-order valence-corrected chi connectivity index (χ3v) is 3.25. The van der Waals surface area contributed by atoms with E-state index in [1.165, 1.54) is 0 Å². The molecule has 106 valence electrons. The lowest BCUT2D eigenvalue weighted by molar-refractivity contribution is 0.414. The number of rotatable bonds is 5. The zero-order valence-corrected chi connectivity index (χ0v) is 12.1. The first-order chi connectivity index (χ1) is 9.63. The predicted molar refractivity (Wildman–Crippen MR) is 82.5 cm³/mol. The summed E-state index contributed by atoms with van der Waals surface area (Å²) < 4.78 is 10.5. The van der Waals surface area contributed by atoms with E-state index in [2.05, 4.69) is 4.90 Å². The van der Waals surface area contributed by atoms with Gasteiger partial charge < -0.3 is 20.1 Å². The van der Waals surface area contributed by atoms with Crippen LogP contribution >= 0.6 is 0 Å². The van der Waals surface area contributed by atoms with Crippen LogP contribution in [0, 0.1) is 0 Å². The smallest absolute Gasteiger partial charge is 0.120 e. The highest BCUT2D eigenvalue weighted by Gasteiger charge is 2.07. The van der Waals surface area contributed by atoms with Crippen LogP contribution in [0.4, 0.5) is 11.4 Å². The van der Waals surface area contributed by atoms with Crippen LogP contribution in [0.15, 0.2) is 42.5 Å². The van der Waals surface area contributed by atoms with Gasteiger partial charge in [-0.15, -0.1) is 0 Å². The molecular formula is C16H20N2O2. The minimum atomic E-state index is 0.705. The topological polar surface area (TPSA) is 47.7 Å². The number of nitrogens with two attached hydrogens (primary N) is 1. The van der Waals surface area contributed by atoms with Gasteiger partial charge in [0.15, 0.2) is 0 Å². The van der Waals surface area contributed by atoms with Crippen LogP contribution in [0.3, 0.4) is 0 Å². The zero-order valence-electron chi connectivity index (χ0n) is 12.1. The van der Waals surface area contributed by atoms with Crippen LogP contribution in [0.1, 0.15) is 5.56 Å². The highest BCUT2D eigenvalue weighted by Crippen LogP contribution is 2.25. The van der Waals surface area contributed by atoms with E-state index in [0.717, 1.165) is 28.4 Å². The fourth-order valence-electron chi connectivity index (χ4n) is 2.04. The second-order valence-electron chi connectivity index (χ2n) is 4.62. The van der Waals surface area contributed by atoms with E-state index in [1.807, 2.05) is 49.5 Å². The largest absolute Gasteiger partial charge is 0.497 e. The summed E-state index contributed by atoms with van der Waals surface area (Å²) in [6, 6.07) is 13.6. The fourth-order valence-corrected chi connectivity index (χ4v) is 2.04. The van der Waals surface area contributed by atoms with Gasteiger partial charge in [-0.25, -0.2) is 0 Å². The average molecular weight is 272 g/mol. The third-order valence-electron chi connectivity index (χ3n) is 3.25. The van der Waals surface area contributed by atoms with Crippen molar-refractivity contribution in [2.45, 2.75) is 6.54 Å². The number of anilines is 2. The van der Waals surface area contributed by atoms with Crippen molar-refractivity contribution in [3.63, 3.8) is 0 Å². The highest BCUT2D eigenvalue weighted by molar-refractivity contribution is 5.55. The Bertz CT molecular complexity index is 584. The van der Waals surface area contributed by atoms with Gasteiger partial charge in [0.2, 0.25) is 0 Å². The van der Waals surface area contributed by atoms with Gasteiger partial charge in [0.05, 0.1) is 14.2 Å². The molecule has 0 heterocycles. The Morgan fingerprint density at radius 3 is 2.40 bits per heavy atom. The van der Waals surface area contributed by atoms with E-state index in [4.69, 9.17) is 15.2 Å². The molecule has 0 atom stereocenters. The predicted octanol–water partition coefficient (Wildman–Crippen LogP) is 2.92. The fraction of sp³-hybridized carbons (Fsp3) is 0.250. The molecule has 2 aromatic rings. The lowest BCUT2D eigenvalue weighted by Crippen LogP contribution is -2.17. The molecule has 0 spiro atoms. The Labute approximate surface area is 119 Å². The molecule has 0 saturated heterocycles. The first-order valence-corrected chi connectivity index (χ1v) is 6.41. The molecule has 0 aromatic heterocycles. The Kier molecular flexibility index (Phi) is 4.35. The molecule has 20 heavy (non-hydrogen) atoms. The van der Waals surface area contributed by atoms with E-state index >= 15 is 0 Å². The molecule has 2 rings (SSSR count). The minimum absolute atomic E-state index is 0.705. The van der Waals surface area contributed by atoms with Crippen molar-refractivity contribution in [1.82, 2.24) is 0 Å². The Hall–Kier alpha value is -2.36. The minimum Gasteiger partial charge on any atom is -0.497 e. The average Bonchev–Trinajstić information content (AvgIpc) is 2.49. The van der Waals surface area contributed by atoms with E-state index in [1.54, 1.807) is 14.2 Å². The monoisotopic (exact) mass is 272 g/mol. The summed E-state index contributed by atoms with van der Waals surface area (Å²) in [5, 5.41) is 0. The summed E-state index contributed by atoms with van der Waals surface area (Å²) in [5.74, 6) is 1.65. The number of nitrogens with zero attached hydrogens (tertiary/aromatic N) is 1. The van der Waals surface area contributed by atoms with E-state index in [9.17, 15) is 0 Å². The van der Waals surface area contributed by atoms with Crippen molar-refractivity contribution < 1.29 is 9.47 Å². The number of benzene rings is 2. The molecule has 0 unspecified atom stereocenters. The van der Waals surface area contributed by atoms with Crippen molar-refractivity contribution in [1.29, 1.82) is 0 Å². The van der Waals surface area contributed by atoms with Crippen molar-refractivity contribution in [3.05, 3.63) is 48.0 Å². The van der Waals surface area contributed by atoms with Gasteiger partial charge in [-0.2, -0.15) is 0 Å². The highest BCUT2D eigenvalue weighted by atomic mass is 16.5. The maximum absolute atomic E-state index is 6.02. The summed E-state index contributed by atoms with van der Waals surface area (Å²) in [5.41, 5.74) is 8.90. The molecule has 0 radical (unpaired) electrons. The Balaban J connectivity index is 2.20. The summed E-state index contributed by atoms with van der Waals surface area (Å²) in [4.78, 5) is 2.12. The van der Waals surface area contributed by atoms with Crippen molar-refractivity contribution in [2.24, 2.45) is 0 Å². The van der Waals surface area contributed by atoms with Crippen LogP contribution in [0.2, 0.25) is 0 Å². The number of hydrogen-bond donors (Lipinski definition) is 1. The summed E-state index contributed by atoms with van der Waals surface area (Å²) >= 11 is 0. The van der Waals surface area contributed by atoms with Crippen LogP contribution in [-0.4, -0.2) is 21.3 Å². The molecule has 0 saturated carbocycles. The zero-order chi connectivity index (χ0) is 14.5. The summed E-state index contributed by atoms with van der Waals surface area (Å²) in [6.45, 7) is 0.705. The van der Waals surface area contributed by atoms with Gasteiger partial charge in [-0.1, -0.05) is 6.07 Å². The van der Waals surface area contributed by atoms with E-state index < -0.39 is 0 Å². The number of ether oxygens (including phenoxy) is 2. The number of methoxy groups -OCH3 is 2. The van der Waals surface area contributed by atoms with Gasteiger partial charge in [0, 0.05) is 31.0 Å². The summed E-state index contributed by atoms with van der Waals surface area (Å²) in [7, 11) is 5.34. The third kappa shape index (κ3) is 3.15. The second-order valence-corrected chi connectivity index (χ2v) is 4.62. The molecule has 0 aliphatic carbocycles. The Morgan fingerprint density at radius 1 is 1.00 bits per heavy atom. The van der Waals surface area contributed by atoms with Gasteiger partial charge in [-0.3, -0.25) is 0 Å². The van der Waals surface area contributed by atoms with Crippen molar-refractivity contribution in [3.8, 4) is 11.5 Å². The van der Waals surface area contributed by atoms with Gasteiger partial charge in [0.1, 0.15) is 11.5 Å². The summed E-state index contributed by atoms with van der Waals surface area (Å²) in [6.07, 6.45) is 0. The maximum atomic E-state index is 6.02. The molecule has 0 bridgehead atoms. The Morgan fingerprint density at radius 2 is 1.70 bits per heavy atom. The standard InChI is InChI=1S/C16H20N2O2/c1-18(13-5-4-6-14(10-13)19-2)11-12-9-15(20-3)7-8-16(12)17/h4-10H,11,17H2,1-3H3. The van der Waals surface area contributed by atoms with Crippen LogP contribution in [0.25, 0.3) is 0 Å². The maximum Gasteiger partial charge on any atom is 0.120 e. The number of hydrogen-bond acceptors (Lipinski definition) is 4.